The van der Waals surface area contributed by atoms with Crippen LogP contribution in [0.15, 0.2) is 0 Å². The molecule has 0 aliphatic heterocycles. The number of nitrogens with one attached hydrogen (secondary N) is 1. The molecule has 0 rings (SSSR count). The lowest BCUT2D eigenvalue weighted by Crippen LogP contribution is -2.42. The predicted molar refractivity (Wildman–Crippen MR) is 59.8 cm³/mol. The van der Waals surface area contributed by atoms with Crippen LogP contribution in [-0.4, -0.2) is 44.2 Å². The fraction of sp³-hybridized carbons (Fsp3) is 1.00. The molecule has 0 spiro atoms. The van der Waals surface area contributed by atoms with Crippen LogP contribution < -0.4 is 5.32 Å². The van der Waals surface area contributed by atoms with Crippen molar-refractivity contribution in [1.29, 1.82) is 0 Å². The van der Waals surface area contributed by atoms with Gasteiger partial charge in [-0.05, 0) is 27.3 Å². The quantitative estimate of drug-likeness (QED) is 0.718. The van der Waals surface area contributed by atoms with Crippen LogP contribution in [0.3, 0.4) is 0 Å². The summed E-state index contributed by atoms with van der Waals surface area (Å²) in [5.74, 6) is 0. The van der Waals surface area contributed by atoms with E-state index >= 15 is 0 Å². The Hall–Kier alpha value is -0.130. The summed E-state index contributed by atoms with van der Waals surface area (Å²) < 4.78 is 25.2. The number of hydrogen-bond acceptors (Lipinski definition) is 3. The maximum Gasteiger partial charge on any atom is 0.217 e. The molecule has 4 nitrogen and oxygen atoms in total. The average Bonchev–Trinajstić information content (AvgIpc) is 2.12. The second-order valence-electron chi connectivity index (χ2n) is 3.77. The second kappa shape index (κ2) is 5.68. The van der Waals surface area contributed by atoms with Crippen LogP contribution in [0.5, 0.6) is 0 Å². The van der Waals surface area contributed by atoms with Gasteiger partial charge in [-0.15, -0.1) is 0 Å². The Labute approximate surface area is 87.7 Å². The van der Waals surface area contributed by atoms with Gasteiger partial charge in [0.15, 0.2) is 0 Å². The Morgan fingerprint density at radius 2 is 1.79 bits per heavy atom. The highest BCUT2D eigenvalue weighted by Gasteiger charge is 2.26. The fourth-order valence-corrected chi connectivity index (χ4v) is 2.51. The molecule has 1 unspecified atom stereocenters. The van der Waals surface area contributed by atoms with Gasteiger partial charge in [0.2, 0.25) is 10.0 Å². The van der Waals surface area contributed by atoms with Gasteiger partial charge in [-0.3, -0.25) is 0 Å². The molecule has 1 N–H and O–H groups in total. The third-order valence-electron chi connectivity index (χ3n) is 2.32. The van der Waals surface area contributed by atoms with E-state index in [1.807, 2.05) is 20.8 Å². The van der Waals surface area contributed by atoms with Gasteiger partial charge in [0.05, 0.1) is 5.25 Å². The van der Waals surface area contributed by atoms with Crippen LogP contribution in [-0.2, 0) is 10.0 Å². The lowest BCUT2D eigenvalue weighted by Gasteiger charge is -2.25. The zero-order chi connectivity index (χ0) is 11.4. The van der Waals surface area contributed by atoms with E-state index < -0.39 is 10.0 Å². The summed E-state index contributed by atoms with van der Waals surface area (Å²) in [6.45, 7) is 8.75. The summed E-state index contributed by atoms with van der Waals surface area (Å²) in [5.41, 5.74) is 0. The van der Waals surface area contributed by atoms with Crippen LogP contribution >= 0.6 is 0 Å². The number of sulfonamides is 1. The van der Waals surface area contributed by atoms with Gasteiger partial charge in [0, 0.05) is 19.6 Å². The van der Waals surface area contributed by atoms with Crippen LogP contribution in [0.25, 0.3) is 0 Å². The minimum atomic E-state index is -3.14. The lowest BCUT2D eigenvalue weighted by atomic mass is 10.4. The van der Waals surface area contributed by atoms with Crippen molar-refractivity contribution in [2.24, 2.45) is 0 Å². The van der Waals surface area contributed by atoms with Crippen molar-refractivity contribution in [2.75, 3.05) is 20.1 Å². The molecule has 0 aliphatic rings. The predicted octanol–water partition coefficient (Wildman–Crippen LogP) is 0.654. The highest BCUT2D eigenvalue weighted by Crippen LogP contribution is 2.09. The summed E-state index contributed by atoms with van der Waals surface area (Å²) in [7, 11) is -1.51. The van der Waals surface area contributed by atoms with E-state index in [1.165, 1.54) is 4.31 Å². The Morgan fingerprint density at radius 1 is 1.29 bits per heavy atom. The molecule has 0 heterocycles. The smallest absolute Gasteiger partial charge is 0.217 e. The molecular weight excluding hydrogens is 200 g/mol. The van der Waals surface area contributed by atoms with Gasteiger partial charge in [0.25, 0.3) is 0 Å². The standard InChI is InChI=1S/C9H22N2O2S/c1-6-10-7-9(4)14(12,13)11(5)8(2)3/h8-10H,6-7H2,1-5H3. The van der Waals surface area contributed by atoms with Crippen molar-refractivity contribution in [3.05, 3.63) is 0 Å². The van der Waals surface area contributed by atoms with E-state index in [2.05, 4.69) is 5.32 Å². The van der Waals surface area contributed by atoms with Gasteiger partial charge in [-0.1, -0.05) is 6.92 Å². The molecule has 0 bridgehead atoms. The topological polar surface area (TPSA) is 49.4 Å². The molecule has 0 fully saturated rings. The minimum Gasteiger partial charge on any atom is -0.316 e. The molecule has 86 valence electrons. The van der Waals surface area contributed by atoms with Crippen LogP contribution in [0.4, 0.5) is 0 Å². The first-order valence-corrected chi connectivity index (χ1v) is 6.51. The maximum absolute atomic E-state index is 11.9. The third kappa shape index (κ3) is 3.55. The second-order valence-corrected chi connectivity index (χ2v) is 6.18. The molecule has 0 aromatic rings. The van der Waals surface area contributed by atoms with E-state index in [1.54, 1.807) is 14.0 Å². The van der Waals surface area contributed by atoms with Crippen LogP contribution in [0.2, 0.25) is 0 Å². The summed E-state index contributed by atoms with van der Waals surface area (Å²) in [5, 5.41) is 2.68. The number of hydrogen-bond donors (Lipinski definition) is 1. The van der Waals surface area contributed by atoms with Gasteiger partial charge in [-0.2, -0.15) is 0 Å². The van der Waals surface area contributed by atoms with Gasteiger partial charge in [0.1, 0.15) is 0 Å². The third-order valence-corrected chi connectivity index (χ3v) is 4.73. The minimum absolute atomic E-state index is 0.0177. The Bertz CT molecular complexity index is 250. The van der Waals surface area contributed by atoms with E-state index in [9.17, 15) is 8.42 Å². The van der Waals surface area contributed by atoms with E-state index in [4.69, 9.17) is 0 Å². The van der Waals surface area contributed by atoms with E-state index in [0.717, 1.165) is 6.54 Å². The maximum atomic E-state index is 11.9. The summed E-state index contributed by atoms with van der Waals surface area (Å²) in [6.07, 6.45) is 0. The van der Waals surface area contributed by atoms with Crippen LogP contribution in [0, 0.1) is 0 Å². The first-order chi connectivity index (χ1) is 6.34. The van der Waals surface area contributed by atoms with Gasteiger partial charge < -0.3 is 5.32 Å². The zero-order valence-electron chi connectivity index (χ0n) is 9.74. The normalized spacial score (nSPS) is 15.1. The van der Waals surface area contributed by atoms with E-state index in [0.29, 0.717) is 6.54 Å². The zero-order valence-corrected chi connectivity index (χ0v) is 10.6. The largest absolute Gasteiger partial charge is 0.316 e. The molecule has 14 heavy (non-hydrogen) atoms. The summed E-state index contributed by atoms with van der Waals surface area (Å²) >= 11 is 0. The van der Waals surface area contributed by atoms with Crippen molar-refractivity contribution >= 4 is 10.0 Å². The molecular formula is C9H22N2O2S. The van der Waals surface area contributed by atoms with Gasteiger partial charge in [-0.25, -0.2) is 12.7 Å². The van der Waals surface area contributed by atoms with Gasteiger partial charge >= 0.3 is 0 Å². The van der Waals surface area contributed by atoms with Crippen molar-refractivity contribution in [3.8, 4) is 0 Å². The van der Waals surface area contributed by atoms with E-state index in [-0.39, 0.29) is 11.3 Å². The fourth-order valence-electron chi connectivity index (χ4n) is 1.03. The highest BCUT2D eigenvalue weighted by molar-refractivity contribution is 7.89. The number of rotatable bonds is 6. The SMILES string of the molecule is CCNCC(C)S(=O)(=O)N(C)C(C)C. The molecule has 0 saturated carbocycles. The Balaban J connectivity index is 4.45. The van der Waals surface area contributed by atoms with Crippen molar-refractivity contribution < 1.29 is 8.42 Å². The first kappa shape index (κ1) is 13.9. The number of nitrogens with zero attached hydrogens (tertiary/aromatic N) is 1. The molecule has 0 aliphatic carbocycles. The van der Waals surface area contributed by atoms with Crippen molar-refractivity contribution in [3.63, 3.8) is 0 Å². The average molecular weight is 222 g/mol. The Kier molecular flexibility index (Phi) is 5.63. The monoisotopic (exact) mass is 222 g/mol. The molecule has 0 radical (unpaired) electrons. The molecule has 5 heteroatoms. The molecule has 0 amide bonds. The van der Waals surface area contributed by atoms with Crippen molar-refractivity contribution in [2.45, 2.75) is 39.0 Å². The molecule has 0 saturated heterocycles. The molecule has 0 aromatic heterocycles. The van der Waals surface area contributed by atoms with Crippen LogP contribution in [0.1, 0.15) is 27.7 Å². The lowest BCUT2D eigenvalue weighted by molar-refractivity contribution is 0.402. The van der Waals surface area contributed by atoms with Crippen molar-refractivity contribution in [1.82, 2.24) is 9.62 Å². The molecule has 0 aromatic carbocycles. The summed E-state index contributed by atoms with van der Waals surface area (Å²) in [4.78, 5) is 0. The summed E-state index contributed by atoms with van der Waals surface area (Å²) in [6, 6.07) is 0.0177. The Morgan fingerprint density at radius 3 is 2.14 bits per heavy atom. The first-order valence-electron chi connectivity index (χ1n) is 5.01. The highest BCUT2D eigenvalue weighted by atomic mass is 32.2. The molecule has 1 atom stereocenters.